The average Bonchev–Trinajstić information content (AvgIpc) is 3.42. The second-order valence-corrected chi connectivity index (χ2v) is 17.8. The minimum Gasteiger partial charge on any atom is -0.463 e. The van der Waals surface area contributed by atoms with E-state index in [0.29, 0.717) is 35.3 Å². The molecule has 12 nitrogen and oxygen atoms in total. The quantitative estimate of drug-likeness (QED) is 0.238. The van der Waals surface area contributed by atoms with Crippen molar-refractivity contribution in [3.63, 3.8) is 0 Å². The second kappa shape index (κ2) is 12.9. The van der Waals surface area contributed by atoms with E-state index in [1.54, 1.807) is 0 Å². The Balaban J connectivity index is 1.07. The summed E-state index contributed by atoms with van der Waals surface area (Å²) in [6.45, 7) is 9.48. The number of nitrogens with zero attached hydrogens (tertiary/aromatic N) is 7. The fourth-order valence-corrected chi connectivity index (χ4v) is 11.0. The lowest BCUT2D eigenvalue weighted by Gasteiger charge is -2.53. The zero-order chi connectivity index (χ0) is 36.9. The summed E-state index contributed by atoms with van der Waals surface area (Å²) in [5.41, 5.74) is 8.35. The van der Waals surface area contributed by atoms with Gasteiger partial charge in [-0.3, -0.25) is 9.88 Å². The molecule has 1 aromatic carbocycles. The number of anilines is 2. The molecule has 4 saturated heterocycles. The van der Waals surface area contributed by atoms with Crippen molar-refractivity contribution >= 4 is 43.1 Å². The number of hydrogen-bond donors (Lipinski definition) is 2. The SMILES string of the molecule is C[C@@H](O)CN1CC2CCC(C1)N2c1nc(OCC2(CN3CC4(CCOCC4)C3)CC2)nc2c(F)c(-c3ncc(F)c4sc(N)c(C#N)c34)c3c(c12)COC3. The smallest absolute Gasteiger partial charge is 0.319 e. The lowest BCUT2D eigenvalue weighted by Crippen LogP contribution is -2.59. The Morgan fingerprint density at radius 2 is 1.80 bits per heavy atom. The summed E-state index contributed by atoms with van der Waals surface area (Å²) in [7, 11) is 0. The van der Waals surface area contributed by atoms with Gasteiger partial charge in [-0.2, -0.15) is 15.2 Å². The van der Waals surface area contributed by atoms with Crippen LogP contribution in [0.5, 0.6) is 6.01 Å². The van der Waals surface area contributed by atoms with Crippen LogP contribution >= 0.6 is 11.3 Å². The molecule has 54 heavy (non-hydrogen) atoms. The van der Waals surface area contributed by atoms with Crippen LogP contribution in [0.15, 0.2) is 6.20 Å². The lowest BCUT2D eigenvalue weighted by atomic mass is 9.73. The number of piperazine rings is 1. The largest absolute Gasteiger partial charge is 0.463 e. The molecule has 6 aliphatic rings. The van der Waals surface area contributed by atoms with Crippen LogP contribution in [0, 0.1) is 33.8 Å². The van der Waals surface area contributed by atoms with Crippen molar-refractivity contribution in [1.29, 1.82) is 5.26 Å². The Morgan fingerprint density at radius 3 is 2.50 bits per heavy atom. The topological polar surface area (TPSA) is 146 Å². The maximum absolute atomic E-state index is 17.6. The Labute approximate surface area is 315 Å². The molecule has 5 fully saturated rings. The molecule has 1 aliphatic carbocycles. The summed E-state index contributed by atoms with van der Waals surface area (Å²) in [5, 5.41) is 21.2. The molecule has 4 aromatic rings. The van der Waals surface area contributed by atoms with Crippen LogP contribution in [0.1, 0.15) is 62.1 Å². The van der Waals surface area contributed by atoms with Gasteiger partial charge in [-0.05, 0) is 56.6 Å². The highest BCUT2D eigenvalue weighted by atomic mass is 32.1. The summed E-state index contributed by atoms with van der Waals surface area (Å²) >= 11 is 0.953. The first-order valence-corrected chi connectivity index (χ1v) is 20.0. The van der Waals surface area contributed by atoms with E-state index in [1.165, 1.54) is 0 Å². The number of fused-ring (bicyclic) bond motifs is 6. The zero-order valence-electron chi connectivity index (χ0n) is 30.4. The minimum absolute atomic E-state index is 0.00257. The van der Waals surface area contributed by atoms with Gasteiger partial charge < -0.3 is 34.9 Å². The molecule has 2 bridgehead atoms. The maximum Gasteiger partial charge on any atom is 0.319 e. The number of nitrogen functional groups attached to an aromatic ring is 1. The first-order chi connectivity index (χ1) is 26.1. The molecule has 1 spiro atoms. The third-order valence-corrected chi connectivity index (χ3v) is 13.8. The highest BCUT2D eigenvalue weighted by Crippen LogP contribution is 2.51. The molecule has 15 heteroatoms. The summed E-state index contributed by atoms with van der Waals surface area (Å²) in [6, 6.07) is 2.43. The van der Waals surface area contributed by atoms with Gasteiger partial charge in [0.25, 0.3) is 0 Å². The molecule has 8 heterocycles. The number of halogens is 2. The van der Waals surface area contributed by atoms with Gasteiger partial charge in [0.2, 0.25) is 0 Å². The molecule has 5 aliphatic heterocycles. The van der Waals surface area contributed by atoms with Crippen LogP contribution in [0.2, 0.25) is 0 Å². The molecular weight excluding hydrogens is 715 g/mol. The van der Waals surface area contributed by atoms with Gasteiger partial charge in [0.05, 0.1) is 53.5 Å². The number of aliphatic hydroxyl groups excluding tert-OH is 1. The van der Waals surface area contributed by atoms with Gasteiger partial charge in [-0.15, -0.1) is 11.3 Å². The number of thiophene rings is 1. The van der Waals surface area contributed by atoms with Crippen LogP contribution in [0.4, 0.5) is 19.6 Å². The van der Waals surface area contributed by atoms with E-state index in [-0.39, 0.29) is 74.1 Å². The molecule has 0 amide bonds. The Morgan fingerprint density at radius 1 is 1.06 bits per heavy atom. The van der Waals surface area contributed by atoms with E-state index in [1.807, 2.05) is 6.92 Å². The molecule has 3 N–H and O–H groups in total. The van der Waals surface area contributed by atoms with Crippen molar-refractivity contribution in [1.82, 2.24) is 24.8 Å². The number of benzene rings is 1. The zero-order valence-corrected chi connectivity index (χ0v) is 31.2. The summed E-state index contributed by atoms with van der Waals surface area (Å²) in [4.78, 5) is 21.5. The van der Waals surface area contributed by atoms with Gasteiger partial charge in [-0.25, -0.2) is 8.78 Å². The van der Waals surface area contributed by atoms with Gasteiger partial charge >= 0.3 is 6.01 Å². The number of aliphatic hydroxyl groups is 1. The molecular formula is C39H44F2N8O4S. The molecule has 3 atom stereocenters. The van der Waals surface area contributed by atoms with Crippen molar-refractivity contribution in [2.45, 2.75) is 76.9 Å². The number of nitrogens with two attached hydrogens (primary N) is 1. The van der Waals surface area contributed by atoms with Gasteiger partial charge in [0.1, 0.15) is 22.4 Å². The number of pyridine rings is 1. The normalized spacial score (nSPS) is 24.9. The number of aromatic nitrogens is 3. The molecule has 0 radical (unpaired) electrons. The highest BCUT2D eigenvalue weighted by Gasteiger charge is 2.51. The highest BCUT2D eigenvalue weighted by molar-refractivity contribution is 7.23. The van der Waals surface area contributed by atoms with Gasteiger partial charge in [-0.1, -0.05) is 0 Å². The van der Waals surface area contributed by atoms with E-state index in [9.17, 15) is 10.4 Å². The van der Waals surface area contributed by atoms with Crippen LogP contribution in [-0.2, 0) is 22.7 Å². The van der Waals surface area contributed by atoms with E-state index in [4.69, 9.17) is 29.9 Å². The average molecular weight is 759 g/mol. The van der Waals surface area contributed by atoms with E-state index < -0.39 is 17.7 Å². The van der Waals surface area contributed by atoms with Crippen LogP contribution in [-0.4, -0.2) is 107 Å². The van der Waals surface area contributed by atoms with Crippen LogP contribution in [0.3, 0.4) is 0 Å². The van der Waals surface area contributed by atoms with Crippen LogP contribution < -0.4 is 15.4 Å². The summed E-state index contributed by atoms with van der Waals surface area (Å²) < 4.78 is 51.0. The summed E-state index contributed by atoms with van der Waals surface area (Å²) in [6.07, 6.45) is 6.85. The number of rotatable bonds is 9. The lowest BCUT2D eigenvalue weighted by molar-refractivity contribution is -0.0884. The predicted octanol–water partition coefficient (Wildman–Crippen LogP) is 4.97. The Kier molecular flexibility index (Phi) is 8.28. The van der Waals surface area contributed by atoms with Crippen molar-refractivity contribution in [2.24, 2.45) is 10.8 Å². The summed E-state index contributed by atoms with van der Waals surface area (Å²) in [5.74, 6) is -0.628. The van der Waals surface area contributed by atoms with Crippen LogP contribution in [0.25, 0.3) is 32.2 Å². The Bertz CT molecular complexity index is 2190. The van der Waals surface area contributed by atoms with Crippen molar-refractivity contribution in [3.05, 3.63) is 34.5 Å². The van der Waals surface area contributed by atoms with Crippen molar-refractivity contribution in [2.75, 3.05) is 69.7 Å². The minimum atomic E-state index is -0.639. The molecule has 1 saturated carbocycles. The molecule has 10 rings (SSSR count). The van der Waals surface area contributed by atoms with Crippen molar-refractivity contribution in [3.8, 4) is 23.3 Å². The Hall–Kier alpha value is -3.78. The number of ether oxygens (including phenoxy) is 3. The van der Waals surface area contributed by atoms with E-state index in [2.05, 4.69) is 25.8 Å². The predicted molar refractivity (Wildman–Crippen MR) is 199 cm³/mol. The number of likely N-dealkylation sites (tertiary alicyclic amines) is 2. The first kappa shape index (κ1) is 34.7. The molecule has 3 aromatic heterocycles. The standard InChI is InChI=1S/C39H44F2N8O4S/c1-21(50)12-47-13-22-2-3-23(14-47)49(22)36-30-26-16-52-15-25(26)28(32-29-24(10-42)35(43)54-34(29)27(40)11-44-32)31(41)33(30)45-37(46-36)53-20-39(4-5-39)19-48-17-38(18-48)6-8-51-9-7-38/h11,21-23,50H,2-9,12-20,43H2,1H3/t21-,22?,23?/m1/s1. The van der Waals surface area contributed by atoms with Gasteiger partial charge in [0.15, 0.2) is 11.6 Å². The first-order valence-electron chi connectivity index (χ1n) is 19.2. The fourth-order valence-electron chi connectivity index (χ4n) is 10.1. The van der Waals surface area contributed by atoms with Gasteiger partial charge in [0, 0.05) is 86.3 Å². The molecule has 2 unspecified atom stereocenters. The number of nitriles is 1. The number of β-amino-alcohol motifs (C(OH)–C–C–N with tert-alkyl or cyclic N) is 1. The monoisotopic (exact) mass is 758 g/mol. The fraction of sp³-hybridized carbons (Fsp3) is 0.590. The van der Waals surface area contributed by atoms with Crippen molar-refractivity contribution < 1.29 is 28.1 Å². The van der Waals surface area contributed by atoms with E-state index >= 15 is 8.78 Å². The second-order valence-electron chi connectivity index (χ2n) is 16.7. The number of hydrogen-bond acceptors (Lipinski definition) is 13. The maximum atomic E-state index is 17.6. The third kappa shape index (κ3) is 5.63. The molecule has 284 valence electrons. The van der Waals surface area contributed by atoms with E-state index in [0.717, 1.165) is 108 Å². The third-order valence-electron chi connectivity index (χ3n) is 12.8.